The van der Waals surface area contributed by atoms with Crippen LogP contribution >= 0.6 is 0 Å². The first kappa shape index (κ1) is 23.7. The van der Waals surface area contributed by atoms with Gasteiger partial charge in [-0.25, -0.2) is 9.37 Å². The van der Waals surface area contributed by atoms with Crippen LogP contribution in [0, 0.1) is 12.7 Å². The highest BCUT2D eigenvalue weighted by molar-refractivity contribution is 5.96. The number of carbonyl (C=O) groups excluding carboxylic acids is 1. The number of amides is 1. The number of hydrogen-bond donors (Lipinski definition) is 2. The zero-order chi connectivity index (χ0) is 25.2. The van der Waals surface area contributed by atoms with Crippen molar-refractivity contribution < 1.29 is 9.18 Å². The van der Waals surface area contributed by atoms with E-state index in [-0.39, 0.29) is 17.1 Å². The molecule has 0 spiro atoms. The lowest BCUT2D eigenvalue weighted by molar-refractivity contribution is 0.0997. The first-order valence-corrected chi connectivity index (χ1v) is 12.1. The van der Waals surface area contributed by atoms with E-state index in [1.54, 1.807) is 0 Å². The third-order valence-electron chi connectivity index (χ3n) is 6.89. The number of imidazole rings is 1. The molecule has 8 heteroatoms. The Morgan fingerprint density at radius 1 is 1.14 bits per heavy atom. The van der Waals surface area contributed by atoms with Gasteiger partial charge in [0.15, 0.2) is 11.3 Å². The van der Waals surface area contributed by atoms with E-state index in [2.05, 4.69) is 33.1 Å². The first-order chi connectivity index (χ1) is 17.4. The summed E-state index contributed by atoms with van der Waals surface area (Å²) in [5.41, 5.74) is 11.6. The number of aromatic nitrogens is 3. The fourth-order valence-corrected chi connectivity index (χ4v) is 4.87. The molecular formula is C28H28FN5O2. The van der Waals surface area contributed by atoms with Crippen LogP contribution in [0.4, 0.5) is 4.39 Å². The van der Waals surface area contributed by atoms with Gasteiger partial charge in [-0.1, -0.05) is 48.0 Å². The Balaban J connectivity index is 1.26. The Kier molecular flexibility index (Phi) is 6.52. The highest BCUT2D eigenvalue weighted by atomic mass is 19.1. The van der Waals surface area contributed by atoms with E-state index >= 15 is 0 Å². The lowest BCUT2D eigenvalue weighted by atomic mass is 9.95. The number of carbonyl (C=O) groups is 1. The summed E-state index contributed by atoms with van der Waals surface area (Å²) in [6.07, 6.45) is 6.12. The lowest BCUT2D eigenvalue weighted by Crippen LogP contribution is -2.34. The number of aryl methyl sites for hydroxylation is 1. The SMILES string of the molecule is Cc1[nH]c2c(C(N)=O)ncn2c(=O)c1CCN1CCC(=Cc2ccccc2-c2ccc(F)cc2)CC1. The van der Waals surface area contributed by atoms with Crippen molar-refractivity contribution in [3.05, 3.63) is 99.1 Å². The van der Waals surface area contributed by atoms with Crippen LogP contribution < -0.4 is 11.3 Å². The monoisotopic (exact) mass is 485 g/mol. The van der Waals surface area contributed by atoms with Crippen LogP contribution in [-0.2, 0) is 6.42 Å². The molecule has 0 bridgehead atoms. The molecule has 1 fully saturated rings. The number of nitrogens with two attached hydrogens (primary N) is 1. The summed E-state index contributed by atoms with van der Waals surface area (Å²) >= 11 is 0. The topological polar surface area (TPSA) is 96.5 Å². The van der Waals surface area contributed by atoms with E-state index in [4.69, 9.17) is 5.73 Å². The van der Waals surface area contributed by atoms with Crippen LogP contribution in [0.1, 0.15) is 40.2 Å². The van der Waals surface area contributed by atoms with Crippen molar-refractivity contribution in [3.63, 3.8) is 0 Å². The van der Waals surface area contributed by atoms with Crippen molar-refractivity contribution in [2.75, 3.05) is 19.6 Å². The Morgan fingerprint density at radius 3 is 2.58 bits per heavy atom. The maximum Gasteiger partial charge on any atom is 0.271 e. The Bertz CT molecular complexity index is 1510. The maximum atomic E-state index is 13.4. The number of halogens is 1. The fourth-order valence-electron chi connectivity index (χ4n) is 4.87. The molecule has 4 aromatic rings. The van der Waals surface area contributed by atoms with Crippen molar-refractivity contribution in [2.24, 2.45) is 5.73 Å². The number of piperidine rings is 1. The minimum atomic E-state index is -0.669. The van der Waals surface area contributed by atoms with Crippen LogP contribution in [0.15, 0.2) is 65.2 Å². The second-order valence-corrected chi connectivity index (χ2v) is 9.20. The van der Waals surface area contributed by atoms with Crippen molar-refractivity contribution in [2.45, 2.75) is 26.2 Å². The van der Waals surface area contributed by atoms with Crippen LogP contribution in [0.2, 0.25) is 0 Å². The van der Waals surface area contributed by atoms with E-state index in [1.165, 1.54) is 28.4 Å². The zero-order valence-corrected chi connectivity index (χ0v) is 20.1. The molecular weight excluding hydrogens is 457 g/mol. The molecule has 0 atom stereocenters. The van der Waals surface area contributed by atoms with E-state index in [0.717, 1.165) is 54.9 Å². The van der Waals surface area contributed by atoms with E-state index in [1.807, 2.05) is 31.2 Å². The smallest absolute Gasteiger partial charge is 0.271 e. The molecule has 2 aromatic carbocycles. The summed E-state index contributed by atoms with van der Waals surface area (Å²) < 4.78 is 14.7. The summed E-state index contributed by atoms with van der Waals surface area (Å²) in [6.45, 7) is 4.44. The molecule has 1 aliphatic rings. The van der Waals surface area contributed by atoms with Gasteiger partial charge in [0.2, 0.25) is 0 Å². The summed E-state index contributed by atoms with van der Waals surface area (Å²) in [4.78, 5) is 34.0. The van der Waals surface area contributed by atoms with Crippen molar-refractivity contribution >= 4 is 17.6 Å². The molecule has 0 aliphatic carbocycles. The van der Waals surface area contributed by atoms with Gasteiger partial charge < -0.3 is 15.6 Å². The van der Waals surface area contributed by atoms with Crippen LogP contribution in [0.25, 0.3) is 22.9 Å². The molecule has 7 nitrogen and oxygen atoms in total. The van der Waals surface area contributed by atoms with Crippen LogP contribution in [0.5, 0.6) is 0 Å². The number of likely N-dealkylation sites (tertiary alicyclic amines) is 1. The predicted molar refractivity (Wildman–Crippen MR) is 138 cm³/mol. The predicted octanol–water partition coefficient (Wildman–Crippen LogP) is 3.96. The highest BCUT2D eigenvalue weighted by Crippen LogP contribution is 2.28. The van der Waals surface area contributed by atoms with E-state index in [9.17, 15) is 14.0 Å². The van der Waals surface area contributed by atoms with Crippen molar-refractivity contribution in [3.8, 4) is 11.1 Å². The summed E-state index contributed by atoms with van der Waals surface area (Å²) in [7, 11) is 0. The minimum absolute atomic E-state index is 0.0677. The number of primary amides is 1. The van der Waals surface area contributed by atoms with Crippen molar-refractivity contribution in [1.82, 2.24) is 19.3 Å². The van der Waals surface area contributed by atoms with Gasteiger partial charge in [0.05, 0.1) is 0 Å². The summed E-state index contributed by atoms with van der Waals surface area (Å²) in [5, 5.41) is 0. The van der Waals surface area contributed by atoms with E-state index < -0.39 is 5.91 Å². The third-order valence-corrected chi connectivity index (χ3v) is 6.89. The lowest BCUT2D eigenvalue weighted by Gasteiger charge is -2.28. The number of fused-ring (bicyclic) bond motifs is 1. The highest BCUT2D eigenvalue weighted by Gasteiger charge is 2.19. The fraction of sp³-hybridized carbons (Fsp3) is 0.250. The normalized spacial score (nSPS) is 14.3. The molecule has 0 saturated carbocycles. The van der Waals surface area contributed by atoms with Gasteiger partial charge in [-0.15, -0.1) is 0 Å². The molecule has 3 N–H and O–H groups in total. The Hall–Kier alpha value is -4.04. The number of H-pyrrole nitrogens is 1. The number of nitrogens with one attached hydrogen (secondary N) is 1. The minimum Gasteiger partial charge on any atom is -0.364 e. The van der Waals surface area contributed by atoms with Gasteiger partial charge in [0.1, 0.15) is 12.1 Å². The zero-order valence-electron chi connectivity index (χ0n) is 20.1. The molecule has 2 aromatic heterocycles. The molecule has 0 radical (unpaired) electrons. The van der Waals surface area contributed by atoms with Gasteiger partial charge in [-0.3, -0.25) is 14.0 Å². The van der Waals surface area contributed by atoms with Crippen molar-refractivity contribution in [1.29, 1.82) is 0 Å². The van der Waals surface area contributed by atoms with E-state index in [0.29, 0.717) is 17.6 Å². The average molecular weight is 486 g/mol. The largest absolute Gasteiger partial charge is 0.364 e. The maximum absolute atomic E-state index is 13.4. The summed E-state index contributed by atoms with van der Waals surface area (Å²) in [6, 6.07) is 14.8. The van der Waals surface area contributed by atoms with Gasteiger partial charge >= 0.3 is 0 Å². The van der Waals surface area contributed by atoms with Gasteiger partial charge in [0, 0.05) is 30.9 Å². The molecule has 1 aliphatic heterocycles. The standard InChI is InChI=1S/C28H28FN5O2/c1-18-23(28(36)34-17-31-25(26(30)35)27(34)32-18)12-15-33-13-10-19(11-14-33)16-21-4-2-3-5-24(21)20-6-8-22(29)9-7-20/h2-9,16-17,32H,10-15H2,1H3,(H2,30,35). The van der Waals surface area contributed by atoms with Crippen LogP contribution in [-0.4, -0.2) is 44.8 Å². The Labute approximate surface area is 208 Å². The number of benzene rings is 2. The molecule has 36 heavy (non-hydrogen) atoms. The molecule has 3 heterocycles. The third kappa shape index (κ3) is 4.72. The molecule has 0 unspecified atom stereocenters. The number of aromatic amines is 1. The van der Waals surface area contributed by atoms with Gasteiger partial charge in [-0.05, 0) is 55.0 Å². The van der Waals surface area contributed by atoms with Gasteiger partial charge in [0.25, 0.3) is 11.5 Å². The molecule has 5 rings (SSSR count). The molecule has 1 amide bonds. The second-order valence-electron chi connectivity index (χ2n) is 9.20. The van der Waals surface area contributed by atoms with Crippen LogP contribution in [0.3, 0.4) is 0 Å². The summed E-state index contributed by atoms with van der Waals surface area (Å²) in [5.74, 6) is -0.905. The number of hydrogen-bond acceptors (Lipinski definition) is 4. The number of nitrogens with zero attached hydrogens (tertiary/aromatic N) is 3. The Morgan fingerprint density at radius 2 is 1.86 bits per heavy atom. The number of rotatable bonds is 6. The quantitative estimate of drug-likeness (QED) is 0.432. The second kappa shape index (κ2) is 9.91. The molecule has 1 saturated heterocycles. The first-order valence-electron chi connectivity index (χ1n) is 12.1. The molecule has 184 valence electrons. The average Bonchev–Trinajstić information content (AvgIpc) is 3.30. The van der Waals surface area contributed by atoms with Gasteiger partial charge in [-0.2, -0.15) is 0 Å².